The highest BCUT2D eigenvalue weighted by Crippen LogP contribution is 2.15. The minimum absolute atomic E-state index is 0.409. The Hall–Kier alpha value is -1.14. The van der Waals surface area contributed by atoms with Gasteiger partial charge in [0.25, 0.3) is 0 Å². The van der Waals surface area contributed by atoms with Gasteiger partial charge in [0.15, 0.2) is 0 Å². The molecule has 1 N–H and O–H groups in total. The molecule has 1 saturated heterocycles. The van der Waals surface area contributed by atoms with E-state index in [1.807, 2.05) is 19.1 Å². The lowest BCUT2D eigenvalue weighted by Gasteiger charge is -2.24. The van der Waals surface area contributed by atoms with Crippen molar-refractivity contribution in [3.63, 3.8) is 0 Å². The van der Waals surface area contributed by atoms with Crippen LogP contribution in [0.4, 0.5) is 5.82 Å². The zero-order chi connectivity index (χ0) is 14.4. The van der Waals surface area contributed by atoms with Gasteiger partial charge in [-0.2, -0.15) is 12.7 Å². The Labute approximate surface area is 121 Å². The fourth-order valence-electron chi connectivity index (χ4n) is 2.39. The van der Waals surface area contributed by atoms with Crippen LogP contribution in [0.25, 0.3) is 0 Å². The summed E-state index contributed by atoms with van der Waals surface area (Å²) in [7, 11) is -3.48. The molecule has 0 amide bonds. The third-order valence-corrected chi connectivity index (χ3v) is 5.07. The normalized spacial score (nSPS) is 18.2. The molecule has 0 aliphatic carbocycles. The third kappa shape index (κ3) is 4.18. The second-order valence-corrected chi connectivity index (χ2v) is 6.81. The summed E-state index contributed by atoms with van der Waals surface area (Å²) in [6.07, 6.45) is 6.08. The molecule has 2 heterocycles. The predicted molar refractivity (Wildman–Crippen MR) is 80.8 cm³/mol. The maximum absolute atomic E-state index is 12.4. The second-order valence-electron chi connectivity index (χ2n) is 5.14. The van der Waals surface area contributed by atoms with Gasteiger partial charge in [-0.05, 0) is 31.4 Å². The van der Waals surface area contributed by atoms with Gasteiger partial charge in [0.2, 0.25) is 0 Å². The van der Waals surface area contributed by atoms with Crippen LogP contribution in [0.2, 0.25) is 0 Å². The maximum atomic E-state index is 12.4. The first kappa shape index (κ1) is 15.3. The van der Waals surface area contributed by atoms with Crippen molar-refractivity contribution in [2.24, 2.45) is 0 Å². The average Bonchev–Trinajstić information content (AvgIpc) is 2.37. The van der Waals surface area contributed by atoms with Gasteiger partial charge in [-0.3, -0.25) is 4.72 Å². The van der Waals surface area contributed by atoms with Crippen molar-refractivity contribution in [2.75, 3.05) is 17.8 Å². The number of aryl methyl sites for hydroxylation is 1. The van der Waals surface area contributed by atoms with Crippen molar-refractivity contribution < 1.29 is 8.42 Å². The topological polar surface area (TPSA) is 62.3 Å². The monoisotopic (exact) mass is 297 g/mol. The van der Waals surface area contributed by atoms with E-state index in [1.54, 1.807) is 10.4 Å². The van der Waals surface area contributed by atoms with Crippen molar-refractivity contribution in [3.05, 3.63) is 23.9 Å². The largest absolute Gasteiger partial charge is 0.302 e. The third-order valence-electron chi connectivity index (χ3n) is 3.56. The molecule has 0 atom stereocenters. The van der Waals surface area contributed by atoms with Crippen LogP contribution in [0.1, 0.15) is 44.7 Å². The SMILES string of the molecule is CCc1cccc(NS(=O)(=O)N2CCCCCCC2)n1. The van der Waals surface area contributed by atoms with E-state index in [2.05, 4.69) is 9.71 Å². The molecule has 0 saturated carbocycles. The van der Waals surface area contributed by atoms with Gasteiger partial charge in [-0.25, -0.2) is 4.98 Å². The summed E-state index contributed by atoms with van der Waals surface area (Å²) in [5, 5.41) is 0. The van der Waals surface area contributed by atoms with Crippen LogP contribution in [0.3, 0.4) is 0 Å². The highest BCUT2D eigenvalue weighted by molar-refractivity contribution is 7.90. The van der Waals surface area contributed by atoms with Crippen molar-refractivity contribution in [2.45, 2.75) is 45.4 Å². The molecule has 0 bridgehead atoms. The van der Waals surface area contributed by atoms with Gasteiger partial charge < -0.3 is 0 Å². The number of hydrogen-bond acceptors (Lipinski definition) is 3. The molecule has 0 spiro atoms. The molecule has 6 heteroatoms. The summed E-state index contributed by atoms with van der Waals surface area (Å²) in [6, 6.07) is 5.42. The Balaban J connectivity index is 2.08. The van der Waals surface area contributed by atoms with E-state index >= 15 is 0 Å². The number of nitrogens with zero attached hydrogens (tertiary/aromatic N) is 2. The van der Waals surface area contributed by atoms with Crippen LogP contribution >= 0.6 is 0 Å². The first-order valence-electron chi connectivity index (χ1n) is 7.35. The first-order valence-corrected chi connectivity index (χ1v) is 8.79. The summed E-state index contributed by atoms with van der Waals surface area (Å²) in [4.78, 5) is 4.30. The van der Waals surface area contributed by atoms with Crippen LogP contribution in [0, 0.1) is 0 Å². The standard InChI is InChI=1S/C14H23N3O2S/c1-2-13-9-8-10-14(15-13)16-20(18,19)17-11-6-4-3-5-7-12-17/h8-10H,2-7,11-12H2,1H3,(H,15,16). The zero-order valence-electron chi connectivity index (χ0n) is 12.0. The lowest BCUT2D eigenvalue weighted by atomic mass is 10.1. The van der Waals surface area contributed by atoms with Crippen LogP contribution in [0.15, 0.2) is 18.2 Å². The van der Waals surface area contributed by atoms with Crippen molar-refractivity contribution >= 4 is 16.0 Å². The number of rotatable bonds is 4. The summed E-state index contributed by atoms with van der Waals surface area (Å²) in [5.41, 5.74) is 0.887. The first-order chi connectivity index (χ1) is 9.62. The molecule has 0 radical (unpaired) electrons. The van der Waals surface area contributed by atoms with Crippen LogP contribution in [-0.4, -0.2) is 30.8 Å². The molecule has 2 rings (SSSR count). The van der Waals surface area contributed by atoms with Gasteiger partial charge in [0.1, 0.15) is 5.82 Å². The quantitative estimate of drug-likeness (QED) is 0.929. The molecular formula is C14H23N3O2S. The zero-order valence-corrected chi connectivity index (χ0v) is 12.8. The van der Waals surface area contributed by atoms with Crippen LogP contribution < -0.4 is 4.72 Å². The van der Waals surface area contributed by atoms with Gasteiger partial charge >= 0.3 is 10.2 Å². The van der Waals surface area contributed by atoms with E-state index in [9.17, 15) is 8.42 Å². The van der Waals surface area contributed by atoms with E-state index in [1.165, 1.54) is 6.42 Å². The minimum Gasteiger partial charge on any atom is -0.254 e. The van der Waals surface area contributed by atoms with Crippen molar-refractivity contribution in [1.82, 2.24) is 9.29 Å². The summed E-state index contributed by atoms with van der Waals surface area (Å²) < 4.78 is 28.9. The van der Waals surface area contributed by atoms with E-state index in [0.717, 1.165) is 37.8 Å². The lowest BCUT2D eigenvalue weighted by Crippen LogP contribution is -2.38. The van der Waals surface area contributed by atoms with Gasteiger partial charge in [-0.1, -0.05) is 32.3 Å². The summed E-state index contributed by atoms with van der Waals surface area (Å²) in [5.74, 6) is 0.409. The number of aromatic nitrogens is 1. The van der Waals surface area contributed by atoms with Gasteiger partial charge in [0.05, 0.1) is 0 Å². The van der Waals surface area contributed by atoms with E-state index in [4.69, 9.17) is 0 Å². The van der Waals surface area contributed by atoms with Crippen LogP contribution in [-0.2, 0) is 16.6 Å². The van der Waals surface area contributed by atoms with Gasteiger partial charge in [0, 0.05) is 18.8 Å². The highest BCUT2D eigenvalue weighted by atomic mass is 32.2. The summed E-state index contributed by atoms with van der Waals surface area (Å²) >= 11 is 0. The molecule has 1 aliphatic heterocycles. The Morgan fingerprint density at radius 3 is 2.45 bits per heavy atom. The number of hydrogen-bond donors (Lipinski definition) is 1. The molecule has 0 unspecified atom stereocenters. The van der Waals surface area contributed by atoms with E-state index < -0.39 is 10.2 Å². The average molecular weight is 297 g/mol. The number of pyridine rings is 1. The number of nitrogens with one attached hydrogen (secondary N) is 1. The van der Waals surface area contributed by atoms with Crippen LogP contribution in [0.5, 0.6) is 0 Å². The highest BCUT2D eigenvalue weighted by Gasteiger charge is 2.22. The lowest BCUT2D eigenvalue weighted by molar-refractivity contribution is 0.366. The molecule has 20 heavy (non-hydrogen) atoms. The fraction of sp³-hybridized carbons (Fsp3) is 0.643. The molecule has 5 nitrogen and oxygen atoms in total. The molecule has 112 valence electrons. The minimum atomic E-state index is -3.48. The molecule has 1 aromatic rings. The Morgan fingerprint density at radius 1 is 1.15 bits per heavy atom. The summed E-state index contributed by atoms with van der Waals surface area (Å²) in [6.45, 7) is 3.20. The molecular weight excluding hydrogens is 274 g/mol. The Kier molecular flexibility index (Phi) is 5.37. The van der Waals surface area contributed by atoms with E-state index in [-0.39, 0.29) is 0 Å². The second kappa shape index (κ2) is 7.04. The molecule has 1 aromatic heterocycles. The molecule has 0 aromatic carbocycles. The van der Waals surface area contributed by atoms with Crippen molar-refractivity contribution in [1.29, 1.82) is 0 Å². The maximum Gasteiger partial charge on any atom is 0.302 e. The predicted octanol–water partition coefficient (Wildman–Crippen LogP) is 2.57. The molecule has 1 fully saturated rings. The van der Waals surface area contributed by atoms with Crippen molar-refractivity contribution in [3.8, 4) is 0 Å². The van der Waals surface area contributed by atoms with E-state index in [0.29, 0.717) is 18.9 Å². The number of anilines is 1. The Morgan fingerprint density at radius 2 is 1.80 bits per heavy atom. The smallest absolute Gasteiger partial charge is 0.254 e. The molecule has 1 aliphatic rings. The fourth-order valence-corrected chi connectivity index (χ4v) is 3.63. The van der Waals surface area contributed by atoms with Gasteiger partial charge in [-0.15, -0.1) is 0 Å². The Bertz CT molecular complexity index is 523.